The Morgan fingerprint density at radius 2 is 1.77 bits per heavy atom. The summed E-state index contributed by atoms with van der Waals surface area (Å²) in [6.07, 6.45) is 8.31. The number of carbonyl (C=O) groups excluding carboxylic acids is 1. The number of amides is 2. The van der Waals surface area contributed by atoms with Crippen LogP contribution in [0, 0.1) is 11.8 Å². The van der Waals surface area contributed by atoms with Crippen molar-refractivity contribution in [1.29, 1.82) is 0 Å². The number of anilines is 2. The molecule has 1 aromatic carbocycles. The van der Waals surface area contributed by atoms with Crippen molar-refractivity contribution >= 4 is 23.3 Å². The molecule has 3 aromatic heterocycles. The first-order valence-electron chi connectivity index (χ1n) is 13.7. The molecule has 0 aliphatic carbocycles. The number of benzene rings is 1. The SMILES string of the molecule is CC(C)(C)c1cc(NC(=O)Nc2cn3ncc(C#Cc4ccc(OCCCN5CCCCC5)cc4)cc3n2)no1. The van der Waals surface area contributed by atoms with Crippen LogP contribution in [0.4, 0.5) is 16.4 Å². The van der Waals surface area contributed by atoms with E-state index in [0.29, 0.717) is 35.2 Å². The highest BCUT2D eigenvalue weighted by Crippen LogP contribution is 2.24. The number of hydrogen-bond acceptors (Lipinski definition) is 7. The van der Waals surface area contributed by atoms with E-state index in [9.17, 15) is 4.79 Å². The molecule has 0 radical (unpaired) electrons. The topological polar surface area (TPSA) is 110 Å². The highest BCUT2D eigenvalue weighted by Gasteiger charge is 2.20. The Bertz CT molecular complexity index is 1500. The van der Waals surface area contributed by atoms with E-state index < -0.39 is 6.03 Å². The average Bonchev–Trinajstić information content (AvgIpc) is 3.57. The first kappa shape index (κ1) is 27.2. The molecule has 208 valence electrons. The van der Waals surface area contributed by atoms with Gasteiger partial charge in [0, 0.05) is 35.2 Å². The zero-order chi connectivity index (χ0) is 28.0. The molecule has 2 N–H and O–H groups in total. The third-order valence-electron chi connectivity index (χ3n) is 6.59. The van der Waals surface area contributed by atoms with Gasteiger partial charge in [0.1, 0.15) is 11.5 Å². The molecule has 4 heterocycles. The molecule has 1 saturated heterocycles. The largest absolute Gasteiger partial charge is 0.494 e. The monoisotopic (exact) mass is 541 g/mol. The number of rotatable bonds is 7. The van der Waals surface area contributed by atoms with E-state index in [0.717, 1.165) is 24.3 Å². The van der Waals surface area contributed by atoms with Crippen LogP contribution in [-0.2, 0) is 5.41 Å². The lowest BCUT2D eigenvalue weighted by Crippen LogP contribution is -2.31. The summed E-state index contributed by atoms with van der Waals surface area (Å²) in [4.78, 5) is 19.4. The minimum Gasteiger partial charge on any atom is -0.494 e. The molecule has 0 unspecified atom stereocenters. The van der Waals surface area contributed by atoms with Gasteiger partial charge < -0.3 is 14.2 Å². The van der Waals surface area contributed by atoms with Crippen LogP contribution in [0.25, 0.3) is 5.65 Å². The van der Waals surface area contributed by atoms with Crippen LogP contribution in [0.15, 0.2) is 53.3 Å². The van der Waals surface area contributed by atoms with Crippen molar-refractivity contribution in [2.45, 2.75) is 51.9 Å². The molecule has 0 bridgehead atoms. The Morgan fingerprint density at radius 3 is 2.52 bits per heavy atom. The van der Waals surface area contributed by atoms with Gasteiger partial charge in [-0.25, -0.2) is 14.3 Å². The van der Waals surface area contributed by atoms with Gasteiger partial charge in [-0.3, -0.25) is 10.6 Å². The minimum absolute atomic E-state index is 0.207. The number of ether oxygens (including phenoxy) is 1. The average molecular weight is 542 g/mol. The molecular weight excluding hydrogens is 506 g/mol. The van der Waals surface area contributed by atoms with Crippen molar-refractivity contribution in [3.05, 3.63) is 65.7 Å². The van der Waals surface area contributed by atoms with Crippen LogP contribution < -0.4 is 15.4 Å². The maximum atomic E-state index is 12.4. The quantitative estimate of drug-likeness (QED) is 0.241. The molecule has 0 atom stereocenters. The molecule has 10 nitrogen and oxygen atoms in total. The minimum atomic E-state index is -0.480. The van der Waals surface area contributed by atoms with Crippen LogP contribution in [0.3, 0.4) is 0 Å². The summed E-state index contributed by atoms with van der Waals surface area (Å²) < 4.78 is 12.8. The highest BCUT2D eigenvalue weighted by molar-refractivity contribution is 5.98. The number of hydrogen-bond donors (Lipinski definition) is 2. The smallest absolute Gasteiger partial charge is 0.326 e. The molecule has 1 fully saturated rings. The van der Waals surface area contributed by atoms with Crippen molar-refractivity contribution in [3.63, 3.8) is 0 Å². The summed E-state index contributed by atoms with van der Waals surface area (Å²) in [7, 11) is 0. The number of nitrogens with zero attached hydrogens (tertiary/aromatic N) is 5. The van der Waals surface area contributed by atoms with Gasteiger partial charge in [0.15, 0.2) is 17.3 Å². The van der Waals surface area contributed by atoms with E-state index in [4.69, 9.17) is 9.26 Å². The summed E-state index contributed by atoms with van der Waals surface area (Å²) in [6.45, 7) is 10.3. The molecule has 0 spiro atoms. The van der Waals surface area contributed by atoms with Gasteiger partial charge in [-0.1, -0.05) is 44.2 Å². The van der Waals surface area contributed by atoms with Gasteiger partial charge in [0.05, 0.1) is 19.0 Å². The van der Waals surface area contributed by atoms with Gasteiger partial charge in [0.25, 0.3) is 0 Å². The number of urea groups is 1. The fraction of sp³-hybridized carbons (Fsp3) is 0.400. The second-order valence-electron chi connectivity index (χ2n) is 11.0. The van der Waals surface area contributed by atoms with Crippen molar-refractivity contribution in [2.24, 2.45) is 0 Å². The maximum Gasteiger partial charge on any atom is 0.326 e. The van der Waals surface area contributed by atoms with Gasteiger partial charge in [-0.15, -0.1) is 0 Å². The zero-order valence-corrected chi connectivity index (χ0v) is 23.2. The Labute approximate surface area is 234 Å². The van der Waals surface area contributed by atoms with Crippen LogP contribution in [0.2, 0.25) is 0 Å². The summed E-state index contributed by atoms with van der Waals surface area (Å²) in [5.74, 6) is 8.49. The second-order valence-corrected chi connectivity index (χ2v) is 11.0. The van der Waals surface area contributed by atoms with Crippen LogP contribution in [0.1, 0.15) is 63.3 Å². The molecule has 0 saturated carbocycles. The van der Waals surface area contributed by atoms with Crippen LogP contribution in [0.5, 0.6) is 5.75 Å². The van der Waals surface area contributed by atoms with E-state index >= 15 is 0 Å². The number of imidazole rings is 1. The van der Waals surface area contributed by atoms with Crippen molar-refractivity contribution in [3.8, 4) is 17.6 Å². The molecule has 4 aromatic rings. The van der Waals surface area contributed by atoms with Gasteiger partial charge in [-0.2, -0.15) is 5.10 Å². The fourth-order valence-electron chi connectivity index (χ4n) is 4.40. The van der Waals surface area contributed by atoms with E-state index in [1.54, 1.807) is 23.0 Å². The van der Waals surface area contributed by atoms with Crippen molar-refractivity contribution < 1.29 is 14.1 Å². The Balaban J connectivity index is 1.13. The molecular formula is C30H35N7O3. The lowest BCUT2D eigenvalue weighted by atomic mass is 9.93. The van der Waals surface area contributed by atoms with Gasteiger partial charge >= 0.3 is 6.03 Å². The lowest BCUT2D eigenvalue weighted by molar-refractivity contribution is 0.205. The van der Waals surface area contributed by atoms with Crippen LogP contribution >= 0.6 is 0 Å². The molecule has 1 aliphatic rings. The van der Waals surface area contributed by atoms with E-state index in [1.165, 1.54) is 32.4 Å². The Hall–Kier alpha value is -4.36. The first-order valence-corrected chi connectivity index (χ1v) is 13.7. The van der Waals surface area contributed by atoms with Gasteiger partial charge in [0.2, 0.25) is 0 Å². The Morgan fingerprint density at radius 1 is 1.02 bits per heavy atom. The summed E-state index contributed by atoms with van der Waals surface area (Å²) >= 11 is 0. The number of carbonyl (C=O) groups is 1. The van der Waals surface area contributed by atoms with E-state index in [1.807, 2.05) is 51.1 Å². The molecule has 2 amide bonds. The predicted molar refractivity (Wildman–Crippen MR) is 154 cm³/mol. The van der Waals surface area contributed by atoms with Crippen molar-refractivity contribution in [2.75, 3.05) is 36.9 Å². The molecule has 10 heteroatoms. The number of nitrogens with one attached hydrogen (secondary N) is 2. The normalized spacial score (nSPS) is 14.0. The van der Waals surface area contributed by atoms with Gasteiger partial charge in [-0.05, 0) is 56.6 Å². The standard InChI is InChI=1S/C30H35N7O3/c1-30(2,3)25-19-26(35-40-25)33-29(38)34-27-21-37-28(32-27)18-23(20-31-37)9-8-22-10-12-24(13-11-22)39-17-7-16-36-14-5-4-6-15-36/h10-13,18-21H,4-7,14-17H2,1-3H3,(H2,33,34,35,38). The summed E-state index contributed by atoms with van der Waals surface area (Å²) in [5.41, 5.74) is 1.95. The zero-order valence-electron chi connectivity index (χ0n) is 23.2. The number of fused-ring (bicyclic) bond motifs is 1. The maximum absolute atomic E-state index is 12.4. The molecule has 40 heavy (non-hydrogen) atoms. The van der Waals surface area contributed by atoms with Crippen molar-refractivity contribution in [1.82, 2.24) is 24.7 Å². The molecule has 5 rings (SSSR count). The fourth-order valence-corrected chi connectivity index (χ4v) is 4.40. The highest BCUT2D eigenvalue weighted by atomic mass is 16.5. The van der Waals surface area contributed by atoms with E-state index in [-0.39, 0.29) is 5.41 Å². The summed E-state index contributed by atoms with van der Waals surface area (Å²) in [5, 5.41) is 13.6. The summed E-state index contributed by atoms with van der Waals surface area (Å²) in [6, 6.07) is 10.8. The Kier molecular flexibility index (Phi) is 8.31. The van der Waals surface area contributed by atoms with Crippen LogP contribution in [-0.4, -0.2) is 56.9 Å². The predicted octanol–water partition coefficient (Wildman–Crippen LogP) is 5.31. The number of piperidine rings is 1. The molecule has 1 aliphatic heterocycles. The second kappa shape index (κ2) is 12.2. The lowest BCUT2D eigenvalue weighted by Gasteiger charge is -2.26. The number of likely N-dealkylation sites (tertiary alicyclic amines) is 1. The first-order chi connectivity index (χ1) is 19.3. The third-order valence-corrected chi connectivity index (χ3v) is 6.59. The third kappa shape index (κ3) is 7.39. The number of aromatic nitrogens is 4. The van der Waals surface area contributed by atoms with E-state index in [2.05, 4.69) is 42.6 Å².